The Labute approximate surface area is 205 Å². The Morgan fingerprint density at radius 2 is 1.51 bits per heavy atom. The first-order valence-electron chi connectivity index (χ1n) is 11.4. The molecule has 2 aromatic carbocycles. The average molecular weight is 487 g/mol. The Morgan fingerprint density at radius 1 is 0.914 bits per heavy atom. The number of carbonyl (C=O) groups is 3. The van der Waals surface area contributed by atoms with E-state index >= 15 is 0 Å². The second-order valence-electron chi connectivity index (χ2n) is 8.35. The van der Waals surface area contributed by atoms with E-state index in [4.69, 9.17) is 29.3 Å². The van der Waals surface area contributed by atoms with E-state index < -0.39 is 11.9 Å². The second-order valence-corrected chi connectivity index (χ2v) is 8.35. The van der Waals surface area contributed by atoms with E-state index in [1.165, 1.54) is 5.56 Å². The number of carboxylic acid groups (broad SMARTS) is 2. The maximum atomic E-state index is 12.9. The molecule has 0 aromatic heterocycles. The fraction of sp³-hybridized carbons (Fsp3) is 0.423. The summed E-state index contributed by atoms with van der Waals surface area (Å²) >= 11 is 0. The Balaban J connectivity index is 0.000000641. The van der Waals surface area contributed by atoms with Crippen LogP contribution in [0.3, 0.4) is 0 Å². The standard InChI is InChI=1S/C24H32N2O3.C2H2O4/c1-25(14-11-19-9-10-22(28-2)23(17-19)29-3)24(27)21-12-15-26(16-13-21)18-20-7-5-4-6-8-20;3-1(4)2(5)6/h4-10,17,21H,11-16,18H2,1-3H3;(H,3,4)(H,5,6). The van der Waals surface area contributed by atoms with E-state index in [9.17, 15) is 4.79 Å². The molecule has 3 rings (SSSR count). The van der Waals surface area contributed by atoms with Gasteiger partial charge in [0, 0.05) is 26.1 Å². The molecule has 2 N–H and O–H groups in total. The lowest BCUT2D eigenvalue weighted by atomic mass is 9.95. The van der Waals surface area contributed by atoms with Gasteiger partial charge < -0.3 is 24.6 Å². The smallest absolute Gasteiger partial charge is 0.414 e. The van der Waals surface area contributed by atoms with Crippen molar-refractivity contribution in [2.45, 2.75) is 25.8 Å². The number of amides is 1. The van der Waals surface area contributed by atoms with E-state index in [0.717, 1.165) is 56.0 Å². The van der Waals surface area contributed by atoms with Crippen molar-refractivity contribution in [1.29, 1.82) is 0 Å². The number of likely N-dealkylation sites (N-methyl/N-ethyl adjacent to an activating group) is 1. The van der Waals surface area contributed by atoms with Crippen molar-refractivity contribution in [3.8, 4) is 11.5 Å². The number of rotatable bonds is 8. The lowest BCUT2D eigenvalue weighted by Gasteiger charge is -2.33. The fourth-order valence-corrected chi connectivity index (χ4v) is 3.93. The van der Waals surface area contributed by atoms with E-state index in [2.05, 4.69) is 29.2 Å². The first-order valence-corrected chi connectivity index (χ1v) is 11.4. The monoisotopic (exact) mass is 486 g/mol. The molecular weight excluding hydrogens is 452 g/mol. The number of benzene rings is 2. The van der Waals surface area contributed by atoms with Crippen LogP contribution < -0.4 is 9.47 Å². The summed E-state index contributed by atoms with van der Waals surface area (Å²) in [5.41, 5.74) is 2.48. The minimum absolute atomic E-state index is 0.137. The molecule has 2 aromatic rings. The highest BCUT2D eigenvalue weighted by atomic mass is 16.5. The fourth-order valence-electron chi connectivity index (χ4n) is 3.93. The van der Waals surface area contributed by atoms with Crippen LogP contribution in [0.5, 0.6) is 11.5 Å². The van der Waals surface area contributed by atoms with E-state index in [1.54, 1.807) is 14.2 Å². The summed E-state index contributed by atoms with van der Waals surface area (Å²) in [5.74, 6) is -1.79. The van der Waals surface area contributed by atoms with Crippen molar-refractivity contribution in [3.05, 3.63) is 59.7 Å². The van der Waals surface area contributed by atoms with Crippen LogP contribution in [-0.4, -0.2) is 78.8 Å². The lowest BCUT2D eigenvalue weighted by Crippen LogP contribution is -2.41. The van der Waals surface area contributed by atoms with Gasteiger partial charge in [0.1, 0.15) is 0 Å². The number of likely N-dealkylation sites (tertiary alicyclic amines) is 1. The predicted molar refractivity (Wildman–Crippen MR) is 131 cm³/mol. The molecule has 0 unspecified atom stereocenters. The first-order chi connectivity index (χ1) is 16.7. The van der Waals surface area contributed by atoms with Gasteiger partial charge >= 0.3 is 11.9 Å². The third-order valence-electron chi connectivity index (χ3n) is 5.93. The third kappa shape index (κ3) is 8.94. The second kappa shape index (κ2) is 14.0. The minimum atomic E-state index is -1.82. The number of hydrogen-bond donors (Lipinski definition) is 2. The van der Waals surface area contributed by atoms with E-state index in [-0.39, 0.29) is 11.8 Å². The highest BCUT2D eigenvalue weighted by Gasteiger charge is 2.27. The molecule has 0 bridgehead atoms. The van der Waals surface area contributed by atoms with Gasteiger partial charge in [-0.15, -0.1) is 0 Å². The number of carboxylic acids is 2. The zero-order valence-electron chi connectivity index (χ0n) is 20.5. The van der Waals surface area contributed by atoms with Crippen LogP contribution in [0.1, 0.15) is 24.0 Å². The normalized spacial score (nSPS) is 13.8. The summed E-state index contributed by atoms with van der Waals surface area (Å²) in [7, 11) is 5.19. The van der Waals surface area contributed by atoms with Crippen LogP contribution in [-0.2, 0) is 27.3 Å². The molecule has 1 saturated heterocycles. The van der Waals surface area contributed by atoms with Crippen molar-refractivity contribution in [2.24, 2.45) is 5.92 Å². The van der Waals surface area contributed by atoms with Gasteiger partial charge in [0.15, 0.2) is 11.5 Å². The molecule has 9 heteroatoms. The van der Waals surface area contributed by atoms with Crippen molar-refractivity contribution < 1.29 is 34.1 Å². The highest BCUT2D eigenvalue weighted by molar-refractivity contribution is 6.27. The summed E-state index contributed by atoms with van der Waals surface area (Å²) in [6.07, 6.45) is 2.67. The Kier molecular flexibility index (Phi) is 11.0. The molecule has 0 spiro atoms. The number of nitrogens with zero attached hydrogens (tertiary/aromatic N) is 2. The maximum absolute atomic E-state index is 12.9. The molecule has 1 aliphatic rings. The minimum Gasteiger partial charge on any atom is -0.493 e. The summed E-state index contributed by atoms with van der Waals surface area (Å²) in [5, 5.41) is 14.8. The summed E-state index contributed by atoms with van der Waals surface area (Å²) < 4.78 is 10.7. The van der Waals surface area contributed by atoms with E-state index in [0.29, 0.717) is 6.54 Å². The van der Waals surface area contributed by atoms with Crippen molar-refractivity contribution in [3.63, 3.8) is 0 Å². The quantitative estimate of drug-likeness (QED) is 0.547. The average Bonchev–Trinajstić information content (AvgIpc) is 2.88. The molecule has 35 heavy (non-hydrogen) atoms. The van der Waals surface area contributed by atoms with Crippen LogP contribution >= 0.6 is 0 Å². The highest BCUT2D eigenvalue weighted by Crippen LogP contribution is 2.28. The van der Waals surface area contributed by atoms with Gasteiger partial charge in [-0.1, -0.05) is 36.4 Å². The molecule has 190 valence electrons. The molecule has 0 atom stereocenters. The molecule has 0 aliphatic carbocycles. The van der Waals surface area contributed by atoms with Crippen LogP contribution in [0.4, 0.5) is 0 Å². The number of ether oxygens (including phenoxy) is 2. The lowest BCUT2D eigenvalue weighted by molar-refractivity contribution is -0.159. The molecule has 1 amide bonds. The molecule has 0 saturated carbocycles. The van der Waals surface area contributed by atoms with Gasteiger partial charge in [-0.2, -0.15) is 0 Å². The zero-order chi connectivity index (χ0) is 25.8. The van der Waals surface area contributed by atoms with Crippen LogP contribution in [0.25, 0.3) is 0 Å². The Bertz CT molecular complexity index is 961. The zero-order valence-corrected chi connectivity index (χ0v) is 20.5. The largest absolute Gasteiger partial charge is 0.493 e. The van der Waals surface area contributed by atoms with Gasteiger partial charge in [0.05, 0.1) is 14.2 Å². The number of piperidine rings is 1. The molecule has 0 radical (unpaired) electrons. The van der Waals surface area contributed by atoms with Crippen molar-refractivity contribution >= 4 is 17.8 Å². The summed E-state index contributed by atoms with van der Waals surface area (Å²) in [6.45, 7) is 3.64. The van der Waals surface area contributed by atoms with Crippen molar-refractivity contribution in [1.82, 2.24) is 9.80 Å². The van der Waals surface area contributed by atoms with Gasteiger partial charge in [-0.05, 0) is 55.6 Å². The number of hydrogen-bond acceptors (Lipinski definition) is 6. The van der Waals surface area contributed by atoms with Crippen LogP contribution in [0.2, 0.25) is 0 Å². The van der Waals surface area contributed by atoms with Crippen LogP contribution in [0, 0.1) is 5.92 Å². The van der Waals surface area contributed by atoms with E-state index in [1.807, 2.05) is 36.2 Å². The topological polar surface area (TPSA) is 117 Å². The van der Waals surface area contributed by atoms with Crippen LogP contribution in [0.15, 0.2) is 48.5 Å². The Hall–Kier alpha value is -3.59. The molecule has 1 heterocycles. The summed E-state index contributed by atoms with van der Waals surface area (Å²) in [6, 6.07) is 16.5. The van der Waals surface area contributed by atoms with Gasteiger partial charge in [0.2, 0.25) is 5.91 Å². The maximum Gasteiger partial charge on any atom is 0.414 e. The van der Waals surface area contributed by atoms with Gasteiger partial charge in [0.25, 0.3) is 0 Å². The van der Waals surface area contributed by atoms with Crippen molar-refractivity contribution in [2.75, 3.05) is 40.9 Å². The summed E-state index contributed by atoms with van der Waals surface area (Å²) in [4.78, 5) is 35.4. The SMILES string of the molecule is COc1ccc(CCN(C)C(=O)C2CCN(Cc3ccccc3)CC2)cc1OC.O=C(O)C(=O)O. The molecule has 1 fully saturated rings. The molecular formula is C26H34N2O7. The molecule has 9 nitrogen and oxygen atoms in total. The number of carbonyl (C=O) groups excluding carboxylic acids is 1. The number of aliphatic carboxylic acids is 2. The molecule has 1 aliphatic heterocycles. The van der Waals surface area contributed by atoms with Gasteiger partial charge in [-0.25, -0.2) is 9.59 Å². The predicted octanol–water partition coefficient (Wildman–Crippen LogP) is 2.77. The third-order valence-corrected chi connectivity index (χ3v) is 5.93. The Morgan fingerprint density at radius 3 is 2.06 bits per heavy atom. The van der Waals surface area contributed by atoms with Gasteiger partial charge in [-0.3, -0.25) is 9.69 Å². The number of methoxy groups -OCH3 is 2. The first kappa shape index (κ1) is 27.7.